The van der Waals surface area contributed by atoms with Crippen molar-refractivity contribution in [2.24, 2.45) is 0 Å². The molecule has 1 aromatic rings. The minimum atomic E-state index is -0.554. The Morgan fingerprint density at radius 1 is 1.16 bits per heavy atom. The molecule has 0 amide bonds. The SMILES string of the molecule is CCC(CO)NC(C)C(O)c1c(C)cc(C)cc1C. The van der Waals surface area contributed by atoms with Gasteiger partial charge < -0.3 is 15.5 Å². The van der Waals surface area contributed by atoms with Gasteiger partial charge in [-0.15, -0.1) is 0 Å². The quantitative estimate of drug-likeness (QED) is 0.740. The van der Waals surface area contributed by atoms with Crippen molar-refractivity contribution in [3.8, 4) is 0 Å². The predicted octanol–water partition coefficient (Wildman–Crippen LogP) is 2.39. The molecule has 3 N–H and O–H groups in total. The second kappa shape index (κ2) is 7.04. The summed E-state index contributed by atoms with van der Waals surface area (Å²) in [6, 6.07) is 4.15. The first-order chi connectivity index (χ1) is 8.90. The van der Waals surface area contributed by atoms with Crippen LogP contribution in [0, 0.1) is 20.8 Å². The molecule has 0 bridgehead atoms. The van der Waals surface area contributed by atoms with Gasteiger partial charge in [0.1, 0.15) is 0 Å². The lowest BCUT2D eigenvalue weighted by atomic mass is 9.92. The van der Waals surface area contributed by atoms with Crippen LogP contribution in [-0.4, -0.2) is 28.9 Å². The lowest BCUT2D eigenvalue weighted by Gasteiger charge is -2.27. The second-order valence-corrected chi connectivity index (χ2v) is 5.50. The summed E-state index contributed by atoms with van der Waals surface area (Å²) >= 11 is 0. The molecule has 0 radical (unpaired) electrons. The van der Waals surface area contributed by atoms with Gasteiger partial charge in [0.2, 0.25) is 0 Å². The van der Waals surface area contributed by atoms with Gasteiger partial charge in [-0.2, -0.15) is 0 Å². The highest BCUT2D eigenvalue weighted by atomic mass is 16.3. The van der Waals surface area contributed by atoms with Gasteiger partial charge in [0, 0.05) is 12.1 Å². The topological polar surface area (TPSA) is 52.5 Å². The Kier molecular flexibility index (Phi) is 5.98. The molecular weight excluding hydrogens is 238 g/mol. The molecule has 19 heavy (non-hydrogen) atoms. The maximum atomic E-state index is 10.5. The summed E-state index contributed by atoms with van der Waals surface area (Å²) in [5.41, 5.74) is 4.46. The van der Waals surface area contributed by atoms with Gasteiger partial charge in [0.15, 0.2) is 0 Å². The minimum absolute atomic E-state index is 0.0377. The van der Waals surface area contributed by atoms with E-state index < -0.39 is 6.10 Å². The highest BCUT2D eigenvalue weighted by Gasteiger charge is 2.22. The molecule has 3 unspecified atom stereocenters. The highest BCUT2D eigenvalue weighted by molar-refractivity contribution is 5.39. The number of nitrogens with one attached hydrogen (secondary N) is 1. The van der Waals surface area contributed by atoms with E-state index in [9.17, 15) is 10.2 Å². The van der Waals surface area contributed by atoms with Crippen LogP contribution in [-0.2, 0) is 0 Å². The Labute approximate surface area is 116 Å². The molecule has 0 aromatic heterocycles. The lowest BCUT2D eigenvalue weighted by Crippen LogP contribution is -2.42. The average Bonchev–Trinajstić information content (AvgIpc) is 2.34. The number of rotatable bonds is 6. The molecular formula is C16H27NO2. The van der Waals surface area contributed by atoms with E-state index in [4.69, 9.17) is 0 Å². The molecule has 0 spiro atoms. The van der Waals surface area contributed by atoms with E-state index >= 15 is 0 Å². The fourth-order valence-electron chi connectivity index (χ4n) is 2.67. The smallest absolute Gasteiger partial charge is 0.0945 e. The first-order valence-corrected chi connectivity index (χ1v) is 7.03. The number of aliphatic hydroxyl groups excluding tert-OH is 2. The van der Waals surface area contributed by atoms with Crippen molar-refractivity contribution in [3.05, 3.63) is 34.4 Å². The third kappa shape index (κ3) is 4.03. The van der Waals surface area contributed by atoms with Crippen LogP contribution in [0.2, 0.25) is 0 Å². The van der Waals surface area contributed by atoms with E-state index in [1.54, 1.807) is 0 Å². The zero-order valence-electron chi connectivity index (χ0n) is 12.7. The van der Waals surface area contributed by atoms with Crippen molar-refractivity contribution in [2.45, 2.75) is 59.2 Å². The number of hydrogen-bond donors (Lipinski definition) is 3. The Morgan fingerprint density at radius 2 is 1.68 bits per heavy atom. The Hall–Kier alpha value is -0.900. The van der Waals surface area contributed by atoms with E-state index in [0.29, 0.717) is 0 Å². The van der Waals surface area contributed by atoms with Crippen molar-refractivity contribution < 1.29 is 10.2 Å². The van der Waals surface area contributed by atoms with E-state index in [1.165, 1.54) is 5.56 Å². The van der Waals surface area contributed by atoms with Gasteiger partial charge in [-0.25, -0.2) is 0 Å². The van der Waals surface area contributed by atoms with Crippen LogP contribution in [0.3, 0.4) is 0 Å². The largest absolute Gasteiger partial charge is 0.395 e. The Bertz CT molecular complexity index is 390. The molecule has 0 aliphatic heterocycles. The second-order valence-electron chi connectivity index (χ2n) is 5.50. The third-order valence-corrected chi connectivity index (χ3v) is 3.72. The summed E-state index contributed by atoms with van der Waals surface area (Å²) in [5.74, 6) is 0. The van der Waals surface area contributed by atoms with Crippen molar-refractivity contribution >= 4 is 0 Å². The number of hydrogen-bond acceptors (Lipinski definition) is 3. The van der Waals surface area contributed by atoms with Crippen molar-refractivity contribution in [3.63, 3.8) is 0 Å². The molecule has 0 saturated heterocycles. The first kappa shape index (κ1) is 16.2. The molecule has 1 rings (SSSR count). The van der Waals surface area contributed by atoms with Gasteiger partial charge in [-0.1, -0.05) is 24.6 Å². The molecule has 3 atom stereocenters. The fraction of sp³-hybridized carbons (Fsp3) is 0.625. The van der Waals surface area contributed by atoms with Gasteiger partial charge in [0.05, 0.1) is 12.7 Å². The summed E-state index contributed by atoms with van der Waals surface area (Å²) in [7, 11) is 0. The highest BCUT2D eigenvalue weighted by Crippen LogP contribution is 2.26. The van der Waals surface area contributed by atoms with Gasteiger partial charge in [-0.3, -0.25) is 0 Å². The van der Waals surface area contributed by atoms with Crippen molar-refractivity contribution in [1.82, 2.24) is 5.32 Å². The molecule has 0 heterocycles. The zero-order chi connectivity index (χ0) is 14.6. The zero-order valence-corrected chi connectivity index (χ0v) is 12.7. The third-order valence-electron chi connectivity index (χ3n) is 3.72. The van der Waals surface area contributed by atoms with Gasteiger partial charge in [-0.05, 0) is 50.8 Å². The maximum Gasteiger partial charge on any atom is 0.0945 e. The summed E-state index contributed by atoms with van der Waals surface area (Å²) in [4.78, 5) is 0. The minimum Gasteiger partial charge on any atom is -0.395 e. The van der Waals surface area contributed by atoms with Crippen LogP contribution < -0.4 is 5.32 Å². The van der Waals surface area contributed by atoms with Crippen LogP contribution in [0.1, 0.15) is 48.6 Å². The van der Waals surface area contributed by atoms with E-state index in [1.807, 2.05) is 27.7 Å². The molecule has 108 valence electrons. The number of aryl methyl sites for hydroxylation is 3. The summed E-state index contributed by atoms with van der Waals surface area (Å²) in [6.07, 6.45) is 0.292. The van der Waals surface area contributed by atoms with Crippen LogP contribution in [0.15, 0.2) is 12.1 Å². The number of aliphatic hydroxyl groups is 2. The van der Waals surface area contributed by atoms with Crippen LogP contribution in [0.4, 0.5) is 0 Å². The summed E-state index contributed by atoms with van der Waals surface area (Å²) < 4.78 is 0. The van der Waals surface area contributed by atoms with E-state index in [2.05, 4.69) is 24.4 Å². The Morgan fingerprint density at radius 3 is 2.11 bits per heavy atom. The van der Waals surface area contributed by atoms with E-state index in [0.717, 1.165) is 23.1 Å². The molecule has 1 aromatic carbocycles. The molecule has 0 aliphatic carbocycles. The molecule has 3 heteroatoms. The molecule has 0 aliphatic rings. The van der Waals surface area contributed by atoms with E-state index in [-0.39, 0.29) is 18.7 Å². The summed E-state index contributed by atoms with van der Waals surface area (Å²) in [5, 5.41) is 23.0. The van der Waals surface area contributed by atoms with Gasteiger partial charge >= 0.3 is 0 Å². The molecule has 0 saturated carbocycles. The monoisotopic (exact) mass is 265 g/mol. The Balaban J connectivity index is 2.91. The van der Waals surface area contributed by atoms with Crippen LogP contribution in [0.5, 0.6) is 0 Å². The van der Waals surface area contributed by atoms with Crippen LogP contribution in [0.25, 0.3) is 0 Å². The van der Waals surface area contributed by atoms with Crippen molar-refractivity contribution in [2.75, 3.05) is 6.61 Å². The predicted molar refractivity (Wildman–Crippen MR) is 79.4 cm³/mol. The van der Waals surface area contributed by atoms with Gasteiger partial charge in [0.25, 0.3) is 0 Å². The normalized spacial score (nSPS) is 16.2. The standard InChI is InChI=1S/C16H27NO2/c1-6-14(9-18)17-13(5)16(19)15-11(3)7-10(2)8-12(15)4/h7-8,13-14,16-19H,6,9H2,1-5H3. The lowest BCUT2D eigenvalue weighted by molar-refractivity contribution is 0.117. The molecule has 3 nitrogen and oxygen atoms in total. The van der Waals surface area contributed by atoms with Crippen molar-refractivity contribution in [1.29, 1.82) is 0 Å². The maximum absolute atomic E-state index is 10.5. The fourth-order valence-corrected chi connectivity index (χ4v) is 2.67. The first-order valence-electron chi connectivity index (χ1n) is 7.03. The summed E-state index contributed by atoms with van der Waals surface area (Å²) in [6.45, 7) is 10.2. The molecule has 0 fully saturated rings. The average molecular weight is 265 g/mol. The van der Waals surface area contributed by atoms with Crippen LogP contribution >= 0.6 is 0 Å². The number of benzene rings is 1.